The Labute approximate surface area is 91.5 Å². The summed E-state index contributed by atoms with van der Waals surface area (Å²) in [5.74, 6) is 0.129. The van der Waals surface area contributed by atoms with Crippen LogP contribution in [0.25, 0.3) is 0 Å². The Hall–Kier alpha value is -0.570. The molecule has 2 rings (SSSR count). The molecule has 1 aliphatic heterocycles. The van der Waals surface area contributed by atoms with Crippen LogP contribution in [-0.4, -0.2) is 35.6 Å². The van der Waals surface area contributed by atoms with Gasteiger partial charge in [0.05, 0.1) is 5.92 Å². The molecule has 2 aliphatic rings. The molecular weight excluding hydrogens is 190 g/mol. The van der Waals surface area contributed by atoms with E-state index >= 15 is 0 Å². The van der Waals surface area contributed by atoms with Gasteiger partial charge >= 0.3 is 5.97 Å². The third-order valence-electron chi connectivity index (χ3n) is 3.85. The van der Waals surface area contributed by atoms with Gasteiger partial charge in [0.15, 0.2) is 0 Å². The molecule has 0 amide bonds. The molecule has 1 heterocycles. The van der Waals surface area contributed by atoms with E-state index in [1.807, 2.05) is 0 Å². The summed E-state index contributed by atoms with van der Waals surface area (Å²) in [6.07, 6.45) is 7.39. The standard InChI is InChI=1S/C12H21NO2/c14-12(15)11-6-3-7-13(9-11)8-10-4-1-2-5-10/h10-11H,1-9H2,(H,14,15)/t11-/m1/s1. The van der Waals surface area contributed by atoms with Crippen molar-refractivity contribution in [3.8, 4) is 0 Å². The van der Waals surface area contributed by atoms with E-state index in [-0.39, 0.29) is 5.92 Å². The van der Waals surface area contributed by atoms with Crippen LogP contribution in [0.15, 0.2) is 0 Å². The molecular formula is C12H21NO2. The second-order valence-corrected chi connectivity index (χ2v) is 5.09. The van der Waals surface area contributed by atoms with E-state index < -0.39 is 5.97 Å². The van der Waals surface area contributed by atoms with Gasteiger partial charge in [-0.05, 0) is 38.1 Å². The number of aliphatic carboxylic acids is 1. The first-order chi connectivity index (χ1) is 7.25. The zero-order valence-electron chi connectivity index (χ0n) is 9.32. The van der Waals surface area contributed by atoms with Crippen molar-refractivity contribution < 1.29 is 9.90 Å². The van der Waals surface area contributed by atoms with Crippen molar-refractivity contribution in [2.75, 3.05) is 19.6 Å². The summed E-state index contributed by atoms with van der Waals surface area (Å²) in [6, 6.07) is 0. The Morgan fingerprint density at radius 1 is 1.20 bits per heavy atom. The van der Waals surface area contributed by atoms with Gasteiger partial charge in [-0.15, -0.1) is 0 Å². The van der Waals surface area contributed by atoms with Crippen molar-refractivity contribution in [1.29, 1.82) is 0 Å². The monoisotopic (exact) mass is 211 g/mol. The molecule has 3 heteroatoms. The molecule has 0 spiro atoms. The summed E-state index contributed by atoms with van der Waals surface area (Å²) in [5.41, 5.74) is 0. The lowest BCUT2D eigenvalue weighted by molar-refractivity contribution is -0.143. The van der Waals surface area contributed by atoms with Gasteiger partial charge in [-0.3, -0.25) is 4.79 Å². The summed E-state index contributed by atoms with van der Waals surface area (Å²) < 4.78 is 0. The average Bonchev–Trinajstić information content (AvgIpc) is 2.71. The Balaban J connectivity index is 1.79. The molecule has 15 heavy (non-hydrogen) atoms. The number of hydrogen-bond donors (Lipinski definition) is 1. The van der Waals surface area contributed by atoms with E-state index in [0.717, 1.165) is 38.4 Å². The average molecular weight is 211 g/mol. The molecule has 0 radical (unpaired) electrons. The number of rotatable bonds is 3. The minimum atomic E-state index is -0.605. The van der Waals surface area contributed by atoms with E-state index in [0.29, 0.717) is 0 Å². The minimum Gasteiger partial charge on any atom is -0.481 e. The Kier molecular flexibility index (Phi) is 3.62. The molecule has 2 fully saturated rings. The highest BCUT2D eigenvalue weighted by molar-refractivity contribution is 5.70. The summed E-state index contributed by atoms with van der Waals surface area (Å²) >= 11 is 0. The fourth-order valence-electron chi connectivity index (χ4n) is 2.98. The maximum Gasteiger partial charge on any atom is 0.307 e. The van der Waals surface area contributed by atoms with Gasteiger partial charge in [-0.1, -0.05) is 12.8 Å². The van der Waals surface area contributed by atoms with Gasteiger partial charge in [0, 0.05) is 13.1 Å². The molecule has 1 atom stereocenters. The molecule has 1 aliphatic carbocycles. The lowest BCUT2D eigenvalue weighted by atomic mass is 9.97. The lowest BCUT2D eigenvalue weighted by Gasteiger charge is -2.32. The minimum absolute atomic E-state index is 0.111. The molecule has 86 valence electrons. The number of carbonyl (C=O) groups is 1. The second kappa shape index (κ2) is 4.97. The van der Waals surface area contributed by atoms with Crippen LogP contribution in [0.4, 0.5) is 0 Å². The predicted octanol–water partition coefficient (Wildman–Crippen LogP) is 1.97. The molecule has 0 aromatic rings. The third-order valence-corrected chi connectivity index (χ3v) is 3.85. The molecule has 0 aromatic heterocycles. The van der Waals surface area contributed by atoms with E-state index in [9.17, 15) is 4.79 Å². The predicted molar refractivity (Wildman–Crippen MR) is 58.8 cm³/mol. The zero-order chi connectivity index (χ0) is 10.7. The topological polar surface area (TPSA) is 40.5 Å². The third kappa shape index (κ3) is 2.94. The number of hydrogen-bond acceptors (Lipinski definition) is 2. The number of nitrogens with zero attached hydrogens (tertiary/aromatic N) is 1. The van der Waals surface area contributed by atoms with Crippen molar-refractivity contribution in [3.63, 3.8) is 0 Å². The molecule has 3 nitrogen and oxygen atoms in total. The van der Waals surface area contributed by atoms with Crippen molar-refractivity contribution in [1.82, 2.24) is 4.90 Å². The Morgan fingerprint density at radius 3 is 2.60 bits per heavy atom. The number of likely N-dealkylation sites (tertiary alicyclic amines) is 1. The first-order valence-corrected chi connectivity index (χ1v) is 6.21. The summed E-state index contributed by atoms with van der Waals surface area (Å²) in [5, 5.41) is 8.99. The fraction of sp³-hybridized carbons (Fsp3) is 0.917. The molecule has 0 bridgehead atoms. The van der Waals surface area contributed by atoms with E-state index in [2.05, 4.69) is 4.90 Å². The maximum atomic E-state index is 10.9. The van der Waals surface area contributed by atoms with Crippen molar-refractivity contribution in [3.05, 3.63) is 0 Å². The van der Waals surface area contributed by atoms with Crippen LogP contribution in [0.3, 0.4) is 0 Å². The summed E-state index contributed by atoms with van der Waals surface area (Å²) in [6.45, 7) is 3.04. The van der Waals surface area contributed by atoms with E-state index in [4.69, 9.17) is 5.11 Å². The SMILES string of the molecule is O=C(O)[C@@H]1CCCN(CC2CCCC2)C1. The fourth-order valence-corrected chi connectivity index (χ4v) is 2.98. The number of carboxylic acid groups (broad SMARTS) is 1. The van der Waals surface area contributed by atoms with Crippen LogP contribution in [-0.2, 0) is 4.79 Å². The van der Waals surface area contributed by atoms with E-state index in [1.54, 1.807) is 0 Å². The van der Waals surface area contributed by atoms with Crippen molar-refractivity contribution in [2.24, 2.45) is 11.8 Å². The molecule has 0 aromatic carbocycles. The van der Waals surface area contributed by atoms with Gasteiger partial charge in [-0.2, -0.15) is 0 Å². The quantitative estimate of drug-likeness (QED) is 0.776. The van der Waals surface area contributed by atoms with Gasteiger partial charge < -0.3 is 10.0 Å². The van der Waals surface area contributed by atoms with Crippen LogP contribution in [0, 0.1) is 11.8 Å². The van der Waals surface area contributed by atoms with Gasteiger partial charge in [0.2, 0.25) is 0 Å². The highest BCUT2D eigenvalue weighted by atomic mass is 16.4. The van der Waals surface area contributed by atoms with Crippen molar-refractivity contribution in [2.45, 2.75) is 38.5 Å². The maximum absolute atomic E-state index is 10.9. The summed E-state index contributed by atoms with van der Waals surface area (Å²) in [7, 11) is 0. The molecule has 0 unspecified atom stereocenters. The van der Waals surface area contributed by atoms with Gasteiger partial charge in [-0.25, -0.2) is 0 Å². The molecule has 1 N–H and O–H groups in total. The molecule has 1 saturated carbocycles. The highest BCUT2D eigenvalue weighted by Gasteiger charge is 2.27. The van der Waals surface area contributed by atoms with Gasteiger partial charge in [0.1, 0.15) is 0 Å². The van der Waals surface area contributed by atoms with Gasteiger partial charge in [0.25, 0.3) is 0 Å². The Morgan fingerprint density at radius 2 is 1.93 bits per heavy atom. The first kappa shape index (κ1) is 10.9. The van der Waals surface area contributed by atoms with Crippen LogP contribution < -0.4 is 0 Å². The highest BCUT2D eigenvalue weighted by Crippen LogP contribution is 2.27. The van der Waals surface area contributed by atoms with Crippen LogP contribution >= 0.6 is 0 Å². The van der Waals surface area contributed by atoms with E-state index in [1.165, 1.54) is 25.7 Å². The van der Waals surface area contributed by atoms with Crippen LogP contribution in [0.2, 0.25) is 0 Å². The number of carboxylic acids is 1. The normalized spacial score (nSPS) is 29.5. The second-order valence-electron chi connectivity index (χ2n) is 5.09. The largest absolute Gasteiger partial charge is 0.481 e. The van der Waals surface area contributed by atoms with Crippen molar-refractivity contribution >= 4 is 5.97 Å². The molecule has 1 saturated heterocycles. The van der Waals surface area contributed by atoms with Crippen LogP contribution in [0.5, 0.6) is 0 Å². The summed E-state index contributed by atoms with van der Waals surface area (Å²) in [4.78, 5) is 13.3. The first-order valence-electron chi connectivity index (χ1n) is 6.21. The lowest BCUT2D eigenvalue weighted by Crippen LogP contribution is -2.40. The van der Waals surface area contributed by atoms with Crippen LogP contribution in [0.1, 0.15) is 38.5 Å². The Bertz CT molecular complexity index is 224. The smallest absolute Gasteiger partial charge is 0.307 e. The number of piperidine rings is 1. The zero-order valence-corrected chi connectivity index (χ0v) is 9.32.